The third kappa shape index (κ3) is 5.55. The predicted molar refractivity (Wildman–Crippen MR) is 160 cm³/mol. The summed E-state index contributed by atoms with van der Waals surface area (Å²) in [5, 5.41) is 0. The summed E-state index contributed by atoms with van der Waals surface area (Å²) in [6.07, 6.45) is -4.55. The number of alkyl halides is 3. The monoisotopic (exact) mass is 606 g/mol. The van der Waals surface area contributed by atoms with Gasteiger partial charge in [-0.05, 0) is 54.1 Å². The highest BCUT2D eigenvalue weighted by molar-refractivity contribution is 7.18. The normalized spacial score (nSPS) is 14.7. The molecule has 3 aromatic carbocycles. The fraction of sp³-hybridized carbons (Fsp3) is 0.226. The van der Waals surface area contributed by atoms with E-state index in [1.165, 1.54) is 12.1 Å². The molecule has 2 N–H and O–H groups in total. The number of halogens is 4. The van der Waals surface area contributed by atoms with Crippen molar-refractivity contribution in [2.75, 3.05) is 44.2 Å². The molecule has 0 atom stereocenters. The largest absolute Gasteiger partial charge is 0.490 e. The lowest BCUT2D eigenvalue weighted by Gasteiger charge is -2.36. The van der Waals surface area contributed by atoms with Gasteiger partial charge in [-0.2, -0.15) is 13.2 Å². The highest BCUT2D eigenvalue weighted by Gasteiger charge is 2.35. The van der Waals surface area contributed by atoms with Crippen molar-refractivity contribution in [3.8, 4) is 26.9 Å². The number of imidazole rings is 2. The lowest BCUT2D eigenvalue weighted by molar-refractivity contribution is -0.144. The van der Waals surface area contributed by atoms with Crippen LogP contribution in [0.1, 0.15) is 5.82 Å². The van der Waals surface area contributed by atoms with E-state index in [0.29, 0.717) is 24.4 Å². The molecular weight excluding hydrogens is 580 g/mol. The molecule has 0 aliphatic carbocycles. The van der Waals surface area contributed by atoms with Crippen molar-refractivity contribution in [3.63, 3.8) is 0 Å². The van der Waals surface area contributed by atoms with Gasteiger partial charge < -0.3 is 19.6 Å². The second kappa shape index (κ2) is 11.0. The zero-order valence-electron chi connectivity index (χ0n) is 22.8. The van der Waals surface area contributed by atoms with Crippen molar-refractivity contribution in [2.45, 2.75) is 6.18 Å². The molecule has 1 saturated heterocycles. The Bertz CT molecular complexity index is 1890. The van der Waals surface area contributed by atoms with E-state index >= 15 is 0 Å². The van der Waals surface area contributed by atoms with Crippen LogP contribution in [-0.4, -0.2) is 64.2 Å². The summed E-state index contributed by atoms with van der Waals surface area (Å²) in [4.78, 5) is 21.1. The molecule has 220 valence electrons. The molecule has 7 rings (SSSR count). The maximum absolute atomic E-state index is 13.3. The van der Waals surface area contributed by atoms with Crippen molar-refractivity contribution in [1.29, 1.82) is 0 Å². The van der Waals surface area contributed by atoms with Gasteiger partial charge in [-0.3, -0.25) is 4.90 Å². The number of fused-ring (bicyclic) bond motifs is 2. The first-order valence-electron chi connectivity index (χ1n) is 13.8. The molecule has 1 aliphatic rings. The standard InChI is InChI=1S/C31H26F4N6OS/c32-20-9-7-19(8-10-20)25-11-12-26(43-25)29-36-21-3-1-5-23(27(21)38-29)41-15-13-40(14-16-41)17-18-42-24-6-2-4-22-28(24)39-30(37-22)31(33,34)35/h1-12H,13-18H2,(H,36,38)(H,37,39). The Morgan fingerprint density at radius 2 is 1.51 bits per heavy atom. The molecule has 3 aromatic heterocycles. The van der Waals surface area contributed by atoms with E-state index in [1.807, 2.05) is 24.3 Å². The molecule has 0 saturated carbocycles. The minimum atomic E-state index is -4.55. The average molecular weight is 607 g/mol. The van der Waals surface area contributed by atoms with Crippen LogP contribution in [0.3, 0.4) is 0 Å². The van der Waals surface area contributed by atoms with E-state index in [-0.39, 0.29) is 11.3 Å². The summed E-state index contributed by atoms with van der Waals surface area (Å²) in [6, 6.07) is 21.5. The summed E-state index contributed by atoms with van der Waals surface area (Å²) in [5.74, 6) is -0.155. The quantitative estimate of drug-likeness (QED) is 0.188. The van der Waals surface area contributed by atoms with Crippen LogP contribution in [0, 0.1) is 5.82 Å². The highest BCUT2D eigenvalue weighted by Crippen LogP contribution is 2.36. The van der Waals surface area contributed by atoms with Crippen LogP contribution in [0.15, 0.2) is 72.8 Å². The van der Waals surface area contributed by atoms with Gasteiger partial charge in [-0.15, -0.1) is 11.3 Å². The number of nitrogens with zero attached hydrogens (tertiary/aromatic N) is 4. The van der Waals surface area contributed by atoms with Gasteiger partial charge in [0.2, 0.25) is 5.82 Å². The topological polar surface area (TPSA) is 73.1 Å². The molecule has 7 nitrogen and oxygen atoms in total. The molecule has 43 heavy (non-hydrogen) atoms. The summed E-state index contributed by atoms with van der Waals surface area (Å²) in [6.45, 7) is 4.22. The molecule has 0 amide bonds. The lowest BCUT2D eigenvalue weighted by atomic mass is 10.2. The molecular formula is C31H26F4N6OS. The molecule has 4 heterocycles. The van der Waals surface area contributed by atoms with Crippen molar-refractivity contribution in [2.24, 2.45) is 0 Å². The zero-order valence-corrected chi connectivity index (χ0v) is 23.6. The number of anilines is 1. The van der Waals surface area contributed by atoms with Crippen molar-refractivity contribution in [3.05, 3.63) is 84.4 Å². The molecule has 0 bridgehead atoms. The van der Waals surface area contributed by atoms with Crippen LogP contribution >= 0.6 is 11.3 Å². The number of piperazine rings is 1. The van der Waals surface area contributed by atoms with Crippen LogP contribution in [0.5, 0.6) is 5.75 Å². The minimum absolute atomic E-state index is 0.181. The fourth-order valence-corrected chi connectivity index (χ4v) is 6.33. The molecule has 0 unspecified atom stereocenters. The smallest absolute Gasteiger partial charge is 0.449 e. The Morgan fingerprint density at radius 3 is 2.28 bits per heavy atom. The fourth-order valence-electron chi connectivity index (χ4n) is 5.38. The minimum Gasteiger partial charge on any atom is -0.490 e. The zero-order chi connectivity index (χ0) is 29.6. The number of thiophene rings is 1. The van der Waals surface area contributed by atoms with E-state index < -0.39 is 12.0 Å². The number of hydrogen-bond acceptors (Lipinski definition) is 6. The molecule has 12 heteroatoms. The molecule has 1 aliphatic heterocycles. The van der Waals surface area contributed by atoms with E-state index in [1.54, 1.807) is 41.7 Å². The van der Waals surface area contributed by atoms with Crippen LogP contribution < -0.4 is 9.64 Å². The second-order valence-corrected chi connectivity index (χ2v) is 11.4. The number of benzene rings is 3. The number of rotatable bonds is 7. The SMILES string of the molecule is Fc1ccc(-c2ccc(-c3nc4c(N5CCN(CCOc6cccc7[nH]c(C(F)(F)F)nc67)CC5)cccc4[nH]3)s2)cc1. The first-order valence-corrected chi connectivity index (χ1v) is 14.6. The average Bonchev–Trinajstić information content (AvgIpc) is 3.76. The van der Waals surface area contributed by atoms with Crippen molar-refractivity contribution in [1.82, 2.24) is 24.8 Å². The Morgan fingerprint density at radius 1 is 0.791 bits per heavy atom. The molecule has 6 aromatic rings. The molecule has 0 radical (unpaired) electrons. The predicted octanol–water partition coefficient (Wildman–Crippen LogP) is 7.19. The molecule has 1 fully saturated rings. The Labute approximate surface area is 247 Å². The number of aromatic amines is 2. The van der Waals surface area contributed by atoms with Crippen LogP contribution in [0.2, 0.25) is 0 Å². The summed E-state index contributed by atoms with van der Waals surface area (Å²) >= 11 is 1.61. The molecule has 0 spiro atoms. The first-order chi connectivity index (χ1) is 20.8. The van der Waals surface area contributed by atoms with Crippen LogP contribution in [0.25, 0.3) is 43.2 Å². The Hall–Kier alpha value is -4.42. The van der Waals surface area contributed by atoms with Gasteiger partial charge in [0.05, 0.1) is 21.6 Å². The highest BCUT2D eigenvalue weighted by atomic mass is 32.1. The maximum Gasteiger partial charge on any atom is 0.449 e. The van der Waals surface area contributed by atoms with Crippen molar-refractivity contribution < 1.29 is 22.3 Å². The number of ether oxygens (including phenoxy) is 1. The summed E-state index contributed by atoms with van der Waals surface area (Å²) < 4.78 is 58.5. The Kier molecular flexibility index (Phi) is 7.02. The summed E-state index contributed by atoms with van der Waals surface area (Å²) in [5.41, 5.74) is 4.38. The Balaban J connectivity index is 0.991. The van der Waals surface area contributed by atoms with E-state index in [2.05, 4.69) is 30.8 Å². The van der Waals surface area contributed by atoms with Crippen LogP contribution in [-0.2, 0) is 6.18 Å². The second-order valence-electron chi connectivity index (χ2n) is 10.3. The van der Waals surface area contributed by atoms with Gasteiger partial charge in [0.15, 0.2) is 0 Å². The van der Waals surface area contributed by atoms with E-state index in [4.69, 9.17) is 9.72 Å². The number of H-pyrrole nitrogens is 2. The van der Waals surface area contributed by atoms with E-state index in [9.17, 15) is 17.6 Å². The van der Waals surface area contributed by atoms with Gasteiger partial charge >= 0.3 is 6.18 Å². The first kappa shape index (κ1) is 27.4. The lowest BCUT2D eigenvalue weighted by Crippen LogP contribution is -2.47. The maximum atomic E-state index is 13.3. The number of aromatic nitrogens is 4. The third-order valence-corrected chi connectivity index (χ3v) is 8.72. The van der Waals surface area contributed by atoms with Gasteiger partial charge in [0, 0.05) is 37.6 Å². The number of hydrogen-bond donors (Lipinski definition) is 2. The van der Waals surface area contributed by atoms with Gasteiger partial charge in [0.1, 0.15) is 35.0 Å². The van der Waals surface area contributed by atoms with E-state index in [0.717, 1.165) is 64.0 Å². The summed E-state index contributed by atoms with van der Waals surface area (Å²) in [7, 11) is 0. The van der Waals surface area contributed by atoms with Crippen LogP contribution in [0.4, 0.5) is 23.2 Å². The van der Waals surface area contributed by atoms with Gasteiger partial charge in [-0.1, -0.05) is 24.3 Å². The van der Waals surface area contributed by atoms with Gasteiger partial charge in [-0.25, -0.2) is 14.4 Å². The number of nitrogens with one attached hydrogen (secondary N) is 2. The van der Waals surface area contributed by atoms with Crippen molar-refractivity contribution >= 4 is 39.1 Å². The third-order valence-electron chi connectivity index (χ3n) is 7.58. The van der Waals surface area contributed by atoms with Gasteiger partial charge in [0.25, 0.3) is 0 Å². The number of para-hydroxylation sites is 2.